The van der Waals surface area contributed by atoms with Gasteiger partial charge < -0.3 is 10.1 Å². The van der Waals surface area contributed by atoms with Gasteiger partial charge in [-0.05, 0) is 29.2 Å². The van der Waals surface area contributed by atoms with E-state index in [1.165, 1.54) is 11.1 Å². The summed E-state index contributed by atoms with van der Waals surface area (Å²) in [6, 6.07) is 18.7. The fraction of sp³-hybridized carbons (Fsp3) is 0.333. The number of rotatable bonds is 7. The van der Waals surface area contributed by atoms with Crippen molar-refractivity contribution in [2.75, 3.05) is 6.61 Å². The van der Waals surface area contributed by atoms with Crippen LogP contribution in [-0.4, -0.2) is 6.61 Å². The molecule has 0 spiro atoms. The van der Waals surface area contributed by atoms with Crippen LogP contribution in [0.15, 0.2) is 54.6 Å². The molecule has 0 bridgehead atoms. The number of benzene rings is 2. The van der Waals surface area contributed by atoms with Gasteiger partial charge in [0, 0.05) is 13.1 Å². The number of nitrogens with one attached hydrogen (secondary N) is 1. The maximum Gasteiger partial charge on any atom is 0.119 e. The quantitative estimate of drug-likeness (QED) is 0.820. The highest BCUT2D eigenvalue weighted by Gasteiger charge is 1.99. The zero-order valence-corrected chi connectivity index (χ0v) is 12.3. The van der Waals surface area contributed by atoms with E-state index in [0.717, 1.165) is 25.4 Å². The monoisotopic (exact) mass is 269 g/mol. The smallest absolute Gasteiger partial charge is 0.119 e. The third-order valence-electron chi connectivity index (χ3n) is 2.98. The molecule has 0 heterocycles. The van der Waals surface area contributed by atoms with Crippen LogP contribution in [0.1, 0.15) is 25.0 Å². The van der Waals surface area contributed by atoms with Crippen LogP contribution in [0.5, 0.6) is 5.75 Å². The van der Waals surface area contributed by atoms with Crippen LogP contribution >= 0.6 is 0 Å². The lowest BCUT2D eigenvalue weighted by atomic mass is 10.2. The molecule has 0 aliphatic rings. The van der Waals surface area contributed by atoms with E-state index >= 15 is 0 Å². The van der Waals surface area contributed by atoms with E-state index in [-0.39, 0.29) is 0 Å². The Hall–Kier alpha value is -1.80. The highest BCUT2D eigenvalue weighted by molar-refractivity contribution is 5.28. The Morgan fingerprint density at radius 3 is 2.35 bits per heavy atom. The van der Waals surface area contributed by atoms with Crippen molar-refractivity contribution >= 4 is 0 Å². The van der Waals surface area contributed by atoms with E-state index in [2.05, 4.69) is 61.6 Å². The van der Waals surface area contributed by atoms with Gasteiger partial charge >= 0.3 is 0 Å². The summed E-state index contributed by atoms with van der Waals surface area (Å²) in [6.45, 7) is 6.82. The molecule has 0 radical (unpaired) electrons. The van der Waals surface area contributed by atoms with Gasteiger partial charge in [0.15, 0.2) is 0 Å². The lowest BCUT2D eigenvalue weighted by molar-refractivity contribution is 0.271. The Bertz CT molecular complexity index is 508. The summed E-state index contributed by atoms with van der Waals surface area (Å²) in [5, 5.41) is 3.45. The van der Waals surface area contributed by atoms with Crippen molar-refractivity contribution in [3.8, 4) is 5.75 Å². The molecular weight excluding hydrogens is 246 g/mol. The van der Waals surface area contributed by atoms with Gasteiger partial charge in [-0.25, -0.2) is 0 Å². The summed E-state index contributed by atoms with van der Waals surface area (Å²) in [6.07, 6.45) is 0. The van der Waals surface area contributed by atoms with Crippen LogP contribution in [-0.2, 0) is 13.1 Å². The predicted molar refractivity (Wildman–Crippen MR) is 83.8 cm³/mol. The van der Waals surface area contributed by atoms with Crippen LogP contribution in [0.2, 0.25) is 0 Å². The summed E-state index contributed by atoms with van der Waals surface area (Å²) < 4.78 is 5.74. The molecule has 0 saturated carbocycles. The molecule has 20 heavy (non-hydrogen) atoms. The second kappa shape index (κ2) is 7.71. The first-order chi connectivity index (χ1) is 9.74. The number of ether oxygens (including phenoxy) is 1. The normalized spacial score (nSPS) is 10.8. The molecule has 2 aromatic carbocycles. The minimum atomic E-state index is 0.551. The molecule has 0 aliphatic carbocycles. The van der Waals surface area contributed by atoms with E-state index in [0.29, 0.717) is 5.92 Å². The zero-order valence-electron chi connectivity index (χ0n) is 12.3. The van der Waals surface area contributed by atoms with Gasteiger partial charge in [0.2, 0.25) is 0 Å². The highest BCUT2D eigenvalue weighted by atomic mass is 16.5. The van der Waals surface area contributed by atoms with Crippen LogP contribution in [0, 0.1) is 5.92 Å². The van der Waals surface area contributed by atoms with Gasteiger partial charge in [0.05, 0.1) is 6.61 Å². The summed E-state index contributed by atoms with van der Waals surface area (Å²) in [4.78, 5) is 0. The summed E-state index contributed by atoms with van der Waals surface area (Å²) in [5.74, 6) is 1.51. The fourth-order valence-electron chi connectivity index (χ4n) is 1.96. The Kier molecular flexibility index (Phi) is 5.63. The maximum absolute atomic E-state index is 5.74. The minimum Gasteiger partial charge on any atom is -0.493 e. The highest BCUT2D eigenvalue weighted by Crippen LogP contribution is 2.14. The van der Waals surface area contributed by atoms with Crippen LogP contribution in [0.3, 0.4) is 0 Å². The summed E-state index contributed by atoms with van der Waals surface area (Å²) in [7, 11) is 0. The van der Waals surface area contributed by atoms with E-state index in [1.54, 1.807) is 0 Å². The third kappa shape index (κ3) is 5.06. The molecule has 2 rings (SSSR count). The Balaban J connectivity index is 1.82. The SMILES string of the molecule is CC(C)COc1cccc(CNCc2ccccc2)c1. The van der Waals surface area contributed by atoms with Crippen molar-refractivity contribution in [2.45, 2.75) is 26.9 Å². The molecule has 0 unspecified atom stereocenters. The Morgan fingerprint density at radius 1 is 0.900 bits per heavy atom. The standard InChI is InChI=1S/C18H23NO/c1-15(2)14-20-18-10-6-9-17(11-18)13-19-12-16-7-4-3-5-8-16/h3-11,15,19H,12-14H2,1-2H3. The molecule has 0 fully saturated rings. The van der Waals surface area contributed by atoms with E-state index in [1.807, 2.05) is 12.1 Å². The van der Waals surface area contributed by atoms with Gasteiger partial charge in [0.1, 0.15) is 5.75 Å². The third-order valence-corrected chi connectivity index (χ3v) is 2.98. The molecule has 0 aromatic heterocycles. The van der Waals surface area contributed by atoms with Crippen LogP contribution in [0.25, 0.3) is 0 Å². The molecule has 106 valence electrons. The first kappa shape index (κ1) is 14.6. The van der Waals surface area contributed by atoms with Gasteiger partial charge in [-0.3, -0.25) is 0 Å². The molecular formula is C18H23NO. The van der Waals surface area contributed by atoms with Crippen molar-refractivity contribution in [2.24, 2.45) is 5.92 Å². The number of hydrogen-bond donors (Lipinski definition) is 1. The fourth-order valence-corrected chi connectivity index (χ4v) is 1.96. The summed E-state index contributed by atoms with van der Waals surface area (Å²) >= 11 is 0. The summed E-state index contributed by atoms with van der Waals surface area (Å²) in [5.41, 5.74) is 2.56. The zero-order chi connectivity index (χ0) is 14.2. The number of hydrogen-bond acceptors (Lipinski definition) is 2. The average molecular weight is 269 g/mol. The van der Waals surface area contributed by atoms with Crippen LogP contribution < -0.4 is 10.1 Å². The average Bonchev–Trinajstić information content (AvgIpc) is 2.47. The van der Waals surface area contributed by atoms with Gasteiger partial charge in [0.25, 0.3) is 0 Å². The lowest BCUT2D eigenvalue weighted by Gasteiger charge is -2.10. The molecule has 0 amide bonds. The van der Waals surface area contributed by atoms with Gasteiger partial charge in [-0.1, -0.05) is 56.3 Å². The lowest BCUT2D eigenvalue weighted by Crippen LogP contribution is -2.12. The predicted octanol–water partition coefficient (Wildman–Crippen LogP) is 4.01. The van der Waals surface area contributed by atoms with Crippen molar-refractivity contribution in [3.63, 3.8) is 0 Å². The van der Waals surface area contributed by atoms with Crippen molar-refractivity contribution in [1.29, 1.82) is 0 Å². The second-order valence-corrected chi connectivity index (χ2v) is 5.44. The topological polar surface area (TPSA) is 21.3 Å². The van der Waals surface area contributed by atoms with Gasteiger partial charge in [-0.15, -0.1) is 0 Å². The molecule has 2 heteroatoms. The Morgan fingerprint density at radius 2 is 1.60 bits per heavy atom. The second-order valence-electron chi connectivity index (χ2n) is 5.44. The van der Waals surface area contributed by atoms with Crippen LogP contribution in [0.4, 0.5) is 0 Å². The van der Waals surface area contributed by atoms with E-state index in [4.69, 9.17) is 4.74 Å². The first-order valence-electron chi connectivity index (χ1n) is 7.20. The van der Waals surface area contributed by atoms with E-state index in [9.17, 15) is 0 Å². The van der Waals surface area contributed by atoms with Crippen molar-refractivity contribution in [1.82, 2.24) is 5.32 Å². The molecule has 0 saturated heterocycles. The van der Waals surface area contributed by atoms with Gasteiger partial charge in [-0.2, -0.15) is 0 Å². The first-order valence-corrected chi connectivity index (χ1v) is 7.20. The molecule has 2 nitrogen and oxygen atoms in total. The molecule has 0 atom stereocenters. The minimum absolute atomic E-state index is 0.551. The van der Waals surface area contributed by atoms with Crippen molar-refractivity contribution in [3.05, 3.63) is 65.7 Å². The Labute approximate surface area is 121 Å². The van der Waals surface area contributed by atoms with Crippen molar-refractivity contribution < 1.29 is 4.74 Å². The molecule has 1 N–H and O–H groups in total. The molecule has 2 aromatic rings. The molecule has 0 aliphatic heterocycles. The maximum atomic E-state index is 5.74. The largest absolute Gasteiger partial charge is 0.493 e. The van der Waals surface area contributed by atoms with E-state index < -0.39 is 0 Å².